The summed E-state index contributed by atoms with van der Waals surface area (Å²) in [6.45, 7) is -0.395. The van der Waals surface area contributed by atoms with Gasteiger partial charge in [0.25, 0.3) is 11.8 Å². The fraction of sp³-hybridized carbons (Fsp3) is 0.222. The number of imidazole rings is 1. The first kappa shape index (κ1) is 29.2. The number of rotatable bonds is 5. The molecule has 0 radical (unpaired) electrons. The number of carbonyl (C=O) groups is 2. The van der Waals surface area contributed by atoms with Crippen LogP contribution in [0.3, 0.4) is 0 Å². The van der Waals surface area contributed by atoms with Gasteiger partial charge in [0.2, 0.25) is 0 Å². The lowest BCUT2D eigenvalue weighted by Crippen LogP contribution is -2.26. The van der Waals surface area contributed by atoms with Gasteiger partial charge in [-0.3, -0.25) is 14.2 Å². The topological polar surface area (TPSA) is 85.1 Å². The van der Waals surface area contributed by atoms with Crippen LogP contribution < -0.4 is 16.3 Å². The first-order valence-electron chi connectivity index (χ1n) is 12.2. The van der Waals surface area contributed by atoms with E-state index < -0.39 is 76.2 Å². The summed E-state index contributed by atoms with van der Waals surface area (Å²) < 4.78 is 97.6. The van der Waals surface area contributed by atoms with Gasteiger partial charge >= 0.3 is 18.4 Å². The number of benzene rings is 3. The number of hydrogen-bond acceptors (Lipinski definition) is 3. The fourth-order valence-electron chi connectivity index (χ4n) is 5.05. The Morgan fingerprint density at radius 1 is 1.00 bits per heavy atom. The second kappa shape index (κ2) is 10.2. The van der Waals surface area contributed by atoms with Gasteiger partial charge in [-0.25, -0.2) is 18.1 Å². The summed E-state index contributed by atoms with van der Waals surface area (Å²) >= 11 is 6.26. The van der Waals surface area contributed by atoms with Crippen LogP contribution in [0.2, 0.25) is 5.02 Å². The van der Waals surface area contributed by atoms with Crippen LogP contribution in [0.5, 0.6) is 0 Å². The maximum atomic E-state index is 14.2. The van der Waals surface area contributed by atoms with E-state index in [1.807, 2.05) is 0 Å². The third kappa shape index (κ3) is 4.78. The second-order valence-electron chi connectivity index (χ2n) is 9.73. The highest BCUT2D eigenvalue weighted by molar-refractivity contribution is 6.31. The van der Waals surface area contributed by atoms with E-state index in [1.165, 1.54) is 19.9 Å². The van der Waals surface area contributed by atoms with Crippen LogP contribution in [-0.2, 0) is 6.18 Å². The van der Waals surface area contributed by atoms with Crippen LogP contribution in [0.15, 0.2) is 47.3 Å². The summed E-state index contributed by atoms with van der Waals surface area (Å²) in [6, 6.07) is 3.31. The van der Waals surface area contributed by atoms with E-state index in [0.717, 1.165) is 22.8 Å². The number of anilines is 1. The van der Waals surface area contributed by atoms with Crippen molar-refractivity contribution in [2.45, 2.75) is 38.7 Å². The lowest BCUT2D eigenvalue weighted by atomic mass is 9.95. The van der Waals surface area contributed by atoms with E-state index in [-0.39, 0.29) is 38.0 Å². The molecule has 0 saturated carbocycles. The van der Waals surface area contributed by atoms with Crippen LogP contribution >= 0.6 is 11.6 Å². The van der Waals surface area contributed by atoms with Gasteiger partial charge < -0.3 is 10.6 Å². The molecule has 15 heteroatoms. The van der Waals surface area contributed by atoms with Gasteiger partial charge in [0, 0.05) is 33.4 Å². The van der Waals surface area contributed by atoms with Gasteiger partial charge in [-0.2, -0.15) is 22.0 Å². The highest BCUT2D eigenvalue weighted by atomic mass is 35.5. The fourth-order valence-corrected chi connectivity index (χ4v) is 5.28. The van der Waals surface area contributed by atoms with Crippen molar-refractivity contribution in [2.75, 3.05) is 5.32 Å². The molecule has 2 heterocycles. The van der Waals surface area contributed by atoms with Crippen molar-refractivity contribution in [1.82, 2.24) is 14.5 Å². The van der Waals surface area contributed by atoms with Crippen molar-refractivity contribution in [3.05, 3.63) is 97.4 Å². The maximum Gasteiger partial charge on any atom is 0.416 e. The monoisotopic (exact) mass is 614 g/mol. The van der Waals surface area contributed by atoms with E-state index >= 15 is 0 Å². The van der Waals surface area contributed by atoms with Gasteiger partial charge in [0.1, 0.15) is 11.6 Å². The maximum absolute atomic E-state index is 14.2. The number of amides is 2. The first-order chi connectivity index (χ1) is 19.6. The number of nitrogens with one attached hydrogen (secondary N) is 2. The van der Waals surface area contributed by atoms with Crippen LogP contribution in [-0.4, -0.2) is 20.9 Å². The summed E-state index contributed by atoms with van der Waals surface area (Å²) in [5.41, 5.74) is -5.10. The molecule has 1 atom stereocenters. The molecule has 1 aliphatic heterocycles. The third-order valence-electron chi connectivity index (χ3n) is 6.74. The number of alkyl halides is 5. The second-order valence-corrected chi connectivity index (χ2v) is 10.1. The molecule has 220 valence electrons. The van der Waals surface area contributed by atoms with Gasteiger partial charge in [-0.15, -0.1) is 0 Å². The molecule has 42 heavy (non-hydrogen) atoms. The summed E-state index contributed by atoms with van der Waals surface area (Å²) in [7, 11) is 0. The highest BCUT2D eigenvalue weighted by Gasteiger charge is 2.40. The molecule has 1 unspecified atom stereocenters. The number of fused-ring (bicyclic) bond motifs is 3. The minimum atomic E-state index is -4.99. The minimum Gasteiger partial charge on any atom is -0.341 e. The molecular formula is C27H18ClF7N4O3. The zero-order valence-corrected chi connectivity index (χ0v) is 22.2. The third-order valence-corrected chi connectivity index (χ3v) is 7.08. The van der Waals surface area contributed by atoms with E-state index in [4.69, 9.17) is 11.6 Å². The molecule has 5 rings (SSSR count). The molecule has 2 amide bonds. The van der Waals surface area contributed by atoms with Crippen molar-refractivity contribution in [1.29, 1.82) is 0 Å². The highest BCUT2D eigenvalue weighted by Crippen LogP contribution is 2.44. The number of hydrogen-bond donors (Lipinski definition) is 2. The number of aromatic nitrogens is 2. The Kier molecular flexibility index (Phi) is 7.08. The minimum absolute atomic E-state index is 0.0436. The predicted octanol–water partition coefficient (Wildman–Crippen LogP) is 6.81. The molecule has 0 spiro atoms. The summed E-state index contributed by atoms with van der Waals surface area (Å²) in [6.07, 6.45) is -4.99. The van der Waals surface area contributed by atoms with Gasteiger partial charge in [-0.1, -0.05) is 11.6 Å². The average Bonchev–Trinajstić information content (AvgIpc) is 3.38. The summed E-state index contributed by atoms with van der Waals surface area (Å²) in [4.78, 5) is 39.6. The zero-order valence-electron chi connectivity index (χ0n) is 21.4. The molecule has 3 aromatic carbocycles. The molecule has 0 bridgehead atoms. The smallest absolute Gasteiger partial charge is 0.341 e. The van der Waals surface area contributed by atoms with E-state index in [0.29, 0.717) is 12.1 Å². The molecule has 0 aliphatic carbocycles. The molecule has 0 fully saturated rings. The van der Waals surface area contributed by atoms with Crippen LogP contribution in [0.4, 0.5) is 36.4 Å². The Bertz CT molecular complexity index is 1850. The Balaban J connectivity index is 1.81. The molecule has 4 aromatic rings. The van der Waals surface area contributed by atoms with Gasteiger partial charge in [0.15, 0.2) is 0 Å². The SMILES string of the molecule is CC(C)n1c(=O)n(C(F)F)c2c3c(c(NC(=O)c4cc(F)cc(C(F)(F)F)c4)cc21)C(c1cc(F)ccc1Cl)NC3=O. The quantitative estimate of drug-likeness (QED) is 0.242. The summed E-state index contributed by atoms with van der Waals surface area (Å²) in [5, 5.41) is 4.76. The van der Waals surface area contributed by atoms with Crippen LogP contribution in [0, 0.1) is 11.6 Å². The zero-order chi connectivity index (χ0) is 30.8. The average molecular weight is 615 g/mol. The van der Waals surface area contributed by atoms with E-state index in [1.54, 1.807) is 0 Å². The van der Waals surface area contributed by atoms with Crippen molar-refractivity contribution in [3.63, 3.8) is 0 Å². The number of halogens is 8. The van der Waals surface area contributed by atoms with Crippen LogP contribution in [0.1, 0.15) is 69.9 Å². The van der Waals surface area contributed by atoms with Crippen molar-refractivity contribution < 1.29 is 40.3 Å². The lowest BCUT2D eigenvalue weighted by Gasteiger charge is -2.19. The standard InChI is InChI=1S/C27H18ClF7N4O3/c1-10(2)38-18-9-17(36-23(40)11-5-12(27(33,34)35)7-14(30)6-11)19-20(22(18)39(25(31)32)26(38)42)24(41)37-21(19)15-8-13(29)3-4-16(15)28/h3-10,21,25H,1-2H3,(H,36,40)(H,37,41). The normalized spacial score (nSPS) is 15.0. The predicted molar refractivity (Wildman–Crippen MR) is 138 cm³/mol. The van der Waals surface area contributed by atoms with Crippen molar-refractivity contribution in [3.8, 4) is 0 Å². The first-order valence-corrected chi connectivity index (χ1v) is 12.5. The Hall–Kier alpha value is -4.33. The number of nitrogens with zero attached hydrogens (tertiary/aromatic N) is 2. The lowest BCUT2D eigenvalue weighted by molar-refractivity contribution is -0.137. The van der Waals surface area contributed by atoms with Crippen molar-refractivity contribution in [2.24, 2.45) is 0 Å². The van der Waals surface area contributed by atoms with Gasteiger partial charge in [-0.05, 0) is 56.3 Å². The van der Waals surface area contributed by atoms with Crippen molar-refractivity contribution >= 4 is 40.1 Å². The molecule has 1 aromatic heterocycles. The molecule has 1 aliphatic rings. The van der Waals surface area contributed by atoms with Crippen LogP contribution in [0.25, 0.3) is 11.0 Å². The Labute approximate surface area is 236 Å². The summed E-state index contributed by atoms with van der Waals surface area (Å²) in [5.74, 6) is -4.37. The molecule has 2 N–H and O–H groups in total. The largest absolute Gasteiger partial charge is 0.416 e. The Morgan fingerprint density at radius 2 is 1.69 bits per heavy atom. The number of carbonyl (C=O) groups excluding carboxylic acids is 2. The van der Waals surface area contributed by atoms with E-state index in [9.17, 15) is 45.1 Å². The van der Waals surface area contributed by atoms with E-state index in [2.05, 4.69) is 10.6 Å². The Morgan fingerprint density at radius 3 is 2.31 bits per heavy atom. The molecule has 7 nitrogen and oxygen atoms in total. The molecule has 0 saturated heterocycles. The molecular weight excluding hydrogens is 597 g/mol. The van der Waals surface area contributed by atoms with Gasteiger partial charge in [0.05, 0.1) is 28.2 Å².